The average Bonchev–Trinajstić information content (AvgIpc) is 3.00. The van der Waals surface area contributed by atoms with Gasteiger partial charge in [0.2, 0.25) is 5.95 Å². The highest BCUT2D eigenvalue weighted by Gasteiger charge is 2.42. The lowest BCUT2D eigenvalue weighted by Gasteiger charge is -2.19. The zero-order valence-electron chi connectivity index (χ0n) is 14.1. The summed E-state index contributed by atoms with van der Waals surface area (Å²) in [7, 11) is 0. The molecule has 0 aliphatic carbocycles. The van der Waals surface area contributed by atoms with Gasteiger partial charge in [0.15, 0.2) is 11.2 Å². The van der Waals surface area contributed by atoms with Crippen LogP contribution in [-0.4, -0.2) is 62.6 Å². The molecule has 0 amide bonds. The van der Waals surface area contributed by atoms with Gasteiger partial charge in [0, 0.05) is 5.92 Å². The molecule has 3 heterocycles. The highest BCUT2D eigenvalue weighted by Crippen LogP contribution is 2.41. The first-order chi connectivity index (χ1) is 11.2. The van der Waals surface area contributed by atoms with E-state index in [-0.39, 0.29) is 29.0 Å². The van der Waals surface area contributed by atoms with E-state index < -0.39 is 19.2 Å². The van der Waals surface area contributed by atoms with Crippen LogP contribution in [0.5, 0.6) is 0 Å². The highest BCUT2D eigenvalue weighted by molar-refractivity contribution is 7.72. The van der Waals surface area contributed by atoms with Crippen LogP contribution in [0.3, 0.4) is 0 Å². The second kappa shape index (κ2) is 6.02. The summed E-state index contributed by atoms with van der Waals surface area (Å²) in [6.45, 7) is 5.07. The minimum Gasteiger partial charge on any atom is -0.390 e. The monoisotopic (exact) mass is 353 g/mol. The van der Waals surface area contributed by atoms with E-state index in [0.29, 0.717) is 5.65 Å². The van der Waals surface area contributed by atoms with Crippen LogP contribution in [0.4, 0.5) is 5.95 Å². The Bertz CT molecular complexity index is 854. The lowest BCUT2D eigenvalue weighted by molar-refractivity contribution is -0.0206. The van der Waals surface area contributed by atoms with Gasteiger partial charge in [0.1, 0.15) is 6.23 Å². The molecule has 1 saturated heterocycles. The maximum atomic E-state index is 11.9. The Kier molecular flexibility index (Phi) is 4.32. The number of anilines is 1. The Morgan fingerprint density at radius 1 is 1.54 bits per heavy atom. The molecule has 132 valence electrons. The Hall–Kier alpha value is -1.63. The van der Waals surface area contributed by atoms with Crippen molar-refractivity contribution in [1.29, 1.82) is 0 Å². The number of nitrogens with zero attached hydrogens (tertiary/aromatic N) is 3. The molecule has 0 bridgehead atoms. The summed E-state index contributed by atoms with van der Waals surface area (Å²) in [6.07, 6.45) is 6.14. The first-order valence-corrected chi connectivity index (χ1v) is 11.0. The Labute approximate surface area is 140 Å². The van der Waals surface area contributed by atoms with Gasteiger partial charge < -0.3 is 15.6 Å². The quantitative estimate of drug-likeness (QED) is 0.696. The third-order valence-electron chi connectivity index (χ3n) is 4.43. The normalized spacial score (nSPS) is 27.8. The molecule has 0 radical (unpaired) electrons. The summed E-state index contributed by atoms with van der Waals surface area (Å²) in [5.41, 5.74) is 5.83. The molecule has 0 spiro atoms. The van der Waals surface area contributed by atoms with Gasteiger partial charge in [-0.05, 0) is 25.9 Å². The number of hydrogen-bond acceptors (Lipinski definition) is 6. The standard InChI is InChI=1S/C15H24N5O3P/c1-8-11(21)9(5-6-24(2,3)4)23-14(8)20-7-17-10-12(20)18-15(16)19-13(10)22/h7-9,11,14,21H,2,5-6H2,1,3-4H3,(H3,16,18,19,22)/t8-,9-,11+,14-/m1/s1. The number of nitrogen functional groups attached to an aromatic ring is 1. The Morgan fingerprint density at radius 2 is 2.25 bits per heavy atom. The van der Waals surface area contributed by atoms with Crippen LogP contribution < -0.4 is 11.3 Å². The van der Waals surface area contributed by atoms with Crippen LogP contribution in [0.25, 0.3) is 11.2 Å². The molecule has 24 heavy (non-hydrogen) atoms. The molecule has 9 heteroatoms. The molecule has 4 atom stereocenters. The zero-order chi connectivity index (χ0) is 17.6. The molecule has 3 rings (SSSR count). The molecule has 8 nitrogen and oxygen atoms in total. The maximum Gasteiger partial charge on any atom is 0.280 e. The average molecular weight is 353 g/mol. The van der Waals surface area contributed by atoms with Crippen LogP contribution in [0.1, 0.15) is 19.6 Å². The molecule has 0 saturated carbocycles. The smallest absolute Gasteiger partial charge is 0.280 e. The van der Waals surface area contributed by atoms with Gasteiger partial charge >= 0.3 is 0 Å². The van der Waals surface area contributed by atoms with Gasteiger partial charge in [-0.15, -0.1) is 13.2 Å². The van der Waals surface area contributed by atoms with Crippen LogP contribution in [0, 0.1) is 5.92 Å². The van der Waals surface area contributed by atoms with Gasteiger partial charge in [-0.3, -0.25) is 14.3 Å². The summed E-state index contributed by atoms with van der Waals surface area (Å²) in [6, 6.07) is 0. The van der Waals surface area contributed by atoms with Crippen LogP contribution >= 0.6 is 6.89 Å². The topological polar surface area (TPSA) is 119 Å². The van der Waals surface area contributed by atoms with Crippen molar-refractivity contribution in [2.24, 2.45) is 5.92 Å². The number of aliphatic hydroxyl groups excluding tert-OH is 1. The van der Waals surface area contributed by atoms with Crippen molar-refractivity contribution in [3.8, 4) is 0 Å². The molecule has 4 N–H and O–H groups in total. The van der Waals surface area contributed by atoms with Gasteiger partial charge in [0.05, 0.1) is 18.5 Å². The predicted octanol–water partition coefficient (Wildman–Crippen LogP) is 0.696. The molecule has 2 aromatic heterocycles. The molecular formula is C15H24N5O3P. The van der Waals surface area contributed by atoms with E-state index in [2.05, 4.69) is 34.6 Å². The van der Waals surface area contributed by atoms with E-state index in [9.17, 15) is 9.90 Å². The predicted molar refractivity (Wildman–Crippen MR) is 97.0 cm³/mol. The van der Waals surface area contributed by atoms with Crippen molar-refractivity contribution in [2.75, 3.05) is 25.2 Å². The number of nitrogens with one attached hydrogen (secondary N) is 1. The minimum atomic E-state index is -1.18. The Morgan fingerprint density at radius 3 is 2.92 bits per heavy atom. The van der Waals surface area contributed by atoms with E-state index in [1.165, 1.54) is 6.33 Å². The summed E-state index contributed by atoms with van der Waals surface area (Å²) < 4.78 is 7.76. The number of H-pyrrole nitrogens is 1. The first-order valence-electron chi connectivity index (χ1n) is 7.90. The van der Waals surface area contributed by atoms with Crippen LogP contribution in [-0.2, 0) is 4.74 Å². The third-order valence-corrected chi connectivity index (χ3v) is 5.90. The summed E-state index contributed by atoms with van der Waals surface area (Å²) in [5, 5.41) is 10.5. The summed E-state index contributed by atoms with van der Waals surface area (Å²) in [5.74, 6) is -0.124. The molecular weight excluding hydrogens is 329 g/mol. The lowest BCUT2D eigenvalue weighted by Crippen LogP contribution is -2.26. The van der Waals surface area contributed by atoms with Crippen molar-refractivity contribution in [3.63, 3.8) is 0 Å². The second-order valence-electron chi connectivity index (χ2n) is 7.14. The molecule has 2 aromatic rings. The number of fused-ring (bicyclic) bond motifs is 1. The van der Waals surface area contributed by atoms with Crippen molar-refractivity contribution in [3.05, 3.63) is 16.7 Å². The number of ether oxygens (including phenoxy) is 1. The molecule has 1 aliphatic heterocycles. The first kappa shape index (κ1) is 17.2. The largest absolute Gasteiger partial charge is 0.390 e. The number of aromatic amines is 1. The summed E-state index contributed by atoms with van der Waals surface area (Å²) >= 11 is 0. The lowest BCUT2D eigenvalue weighted by atomic mass is 10.0. The maximum absolute atomic E-state index is 11.9. The fraction of sp³-hybridized carbons (Fsp3) is 0.600. The van der Waals surface area contributed by atoms with Crippen molar-refractivity contribution >= 4 is 30.3 Å². The van der Waals surface area contributed by atoms with Gasteiger partial charge in [-0.25, -0.2) is 4.98 Å². The van der Waals surface area contributed by atoms with E-state index in [1.807, 2.05) is 6.92 Å². The van der Waals surface area contributed by atoms with Crippen molar-refractivity contribution < 1.29 is 9.84 Å². The second-order valence-corrected chi connectivity index (χ2v) is 11.5. The van der Waals surface area contributed by atoms with Crippen LogP contribution in [0.2, 0.25) is 0 Å². The molecule has 1 fully saturated rings. The number of aromatic nitrogens is 4. The van der Waals surface area contributed by atoms with Crippen molar-refractivity contribution in [2.45, 2.75) is 31.8 Å². The fourth-order valence-electron chi connectivity index (χ4n) is 3.05. The van der Waals surface area contributed by atoms with E-state index in [1.54, 1.807) is 4.57 Å². The van der Waals surface area contributed by atoms with Crippen LogP contribution in [0.15, 0.2) is 11.1 Å². The third kappa shape index (κ3) is 3.14. The fourth-order valence-corrected chi connectivity index (χ4v) is 4.01. The molecule has 0 unspecified atom stereocenters. The number of rotatable bonds is 4. The molecule has 1 aliphatic rings. The van der Waals surface area contributed by atoms with Crippen molar-refractivity contribution in [1.82, 2.24) is 19.5 Å². The van der Waals surface area contributed by atoms with E-state index >= 15 is 0 Å². The zero-order valence-corrected chi connectivity index (χ0v) is 15.0. The summed E-state index contributed by atoms with van der Waals surface area (Å²) in [4.78, 5) is 22.6. The SMILES string of the molecule is C=P(C)(C)CC[C@H]1O[C@@H](n2cnc3c(=O)[nH]c(N)nc32)[C@H](C)[C@@H]1O. The Balaban J connectivity index is 1.90. The molecule has 0 aromatic carbocycles. The van der Waals surface area contributed by atoms with Gasteiger partial charge in [-0.1, -0.05) is 6.92 Å². The highest BCUT2D eigenvalue weighted by atomic mass is 31.2. The minimum absolute atomic E-state index is 0.0283. The number of nitrogens with two attached hydrogens (primary N) is 1. The van der Waals surface area contributed by atoms with E-state index in [0.717, 1.165) is 12.6 Å². The number of aliphatic hydroxyl groups is 1. The van der Waals surface area contributed by atoms with Gasteiger partial charge in [0.25, 0.3) is 5.56 Å². The number of imidazole rings is 1. The van der Waals surface area contributed by atoms with Gasteiger partial charge in [-0.2, -0.15) is 4.98 Å². The van der Waals surface area contributed by atoms with E-state index in [4.69, 9.17) is 10.5 Å². The number of hydrogen-bond donors (Lipinski definition) is 3.